The first-order valence-electron chi connectivity index (χ1n) is 5.25. The van der Waals surface area contributed by atoms with Gasteiger partial charge in [-0.05, 0) is 6.07 Å². The molecule has 1 aromatic rings. The summed E-state index contributed by atoms with van der Waals surface area (Å²) in [5, 5.41) is 22.4. The highest BCUT2D eigenvalue weighted by Gasteiger charge is 2.23. The van der Waals surface area contributed by atoms with E-state index < -0.39 is 12.2 Å². The summed E-state index contributed by atoms with van der Waals surface area (Å²) in [5.74, 6) is -0.119. The zero-order valence-corrected chi connectivity index (χ0v) is 10.8. The van der Waals surface area contributed by atoms with E-state index in [0.29, 0.717) is 5.02 Å². The number of aromatic nitrogens is 1. The number of ether oxygens (including phenoxy) is 1. The fraction of sp³-hybridized carbons (Fsp3) is 0.455. The molecule has 7 heteroatoms. The number of amides is 1. The minimum absolute atomic E-state index is 0.0772. The maximum atomic E-state index is 10.7. The monoisotopic (exact) mass is 274 g/mol. The number of hydrogen-bond donors (Lipinski definition) is 3. The SMILES string of the molecule is COc1ncc(Cl)cc1C(O)C(O)CNC(C)=O. The van der Waals surface area contributed by atoms with Gasteiger partial charge in [0.05, 0.1) is 12.1 Å². The fourth-order valence-corrected chi connectivity index (χ4v) is 1.56. The maximum Gasteiger partial charge on any atom is 0.219 e. The van der Waals surface area contributed by atoms with Gasteiger partial charge in [-0.3, -0.25) is 4.79 Å². The van der Waals surface area contributed by atoms with Gasteiger partial charge in [0.1, 0.15) is 12.2 Å². The Morgan fingerprint density at radius 2 is 2.28 bits per heavy atom. The number of carbonyl (C=O) groups is 1. The third kappa shape index (κ3) is 3.83. The predicted octanol–water partition coefficient (Wildman–Crippen LogP) is 0.274. The fourth-order valence-electron chi connectivity index (χ4n) is 1.39. The molecule has 1 amide bonds. The van der Waals surface area contributed by atoms with Crippen LogP contribution < -0.4 is 10.1 Å². The molecule has 6 nitrogen and oxygen atoms in total. The molecule has 0 bridgehead atoms. The first-order valence-corrected chi connectivity index (χ1v) is 5.63. The molecule has 0 saturated heterocycles. The molecule has 2 atom stereocenters. The Morgan fingerprint density at radius 1 is 1.61 bits per heavy atom. The molecule has 0 radical (unpaired) electrons. The van der Waals surface area contributed by atoms with E-state index in [1.807, 2.05) is 0 Å². The summed E-state index contributed by atoms with van der Waals surface area (Å²) in [5.41, 5.74) is 0.267. The number of pyridine rings is 1. The summed E-state index contributed by atoms with van der Waals surface area (Å²) in [6.07, 6.45) is -1.06. The molecule has 0 spiro atoms. The van der Waals surface area contributed by atoms with Crippen LogP contribution in [0.25, 0.3) is 0 Å². The molecule has 1 rings (SSSR count). The van der Waals surface area contributed by atoms with E-state index in [0.717, 1.165) is 0 Å². The summed E-state index contributed by atoms with van der Waals surface area (Å²) in [6, 6.07) is 1.45. The third-order valence-corrected chi connectivity index (χ3v) is 2.49. The number of rotatable bonds is 5. The number of halogens is 1. The summed E-state index contributed by atoms with van der Waals surface area (Å²) in [6.45, 7) is 1.24. The highest BCUT2D eigenvalue weighted by Crippen LogP contribution is 2.27. The van der Waals surface area contributed by atoms with Gasteiger partial charge in [-0.15, -0.1) is 0 Å². The smallest absolute Gasteiger partial charge is 0.219 e. The van der Waals surface area contributed by atoms with Crippen LogP contribution in [0.15, 0.2) is 12.3 Å². The second-order valence-electron chi connectivity index (χ2n) is 3.70. The molecule has 3 N–H and O–H groups in total. The first kappa shape index (κ1) is 14.7. The minimum atomic E-state index is -1.25. The molecule has 2 unspecified atom stereocenters. The number of carbonyl (C=O) groups excluding carboxylic acids is 1. The average molecular weight is 275 g/mol. The number of methoxy groups -OCH3 is 1. The Bertz CT molecular complexity index is 428. The van der Waals surface area contributed by atoms with Gasteiger partial charge in [0.2, 0.25) is 11.8 Å². The molecule has 0 aliphatic rings. The Hall–Kier alpha value is -1.37. The molecule has 18 heavy (non-hydrogen) atoms. The van der Waals surface area contributed by atoms with Crippen LogP contribution in [0, 0.1) is 0 Å². The molecular weight excluding hydrogens is 260 g/mol. The lowest BCUT2D eigenvalue weighted by molar-refractivity contribution is -0.119. The molecule has 0 fully saturated rings. The molecular formula is C11H15ClN2O4. The van der Waals surface area contributed by atoms with Crippen LogP contribution in [0.5, 0.6) is 5.88 Å². The van der Waals surface area contributed by atoms with E-state index in [9.17, 15) is 15.0 Å². The van der Waals surface area contributed by atoms with Crippen molar-refractivity contribution in [1.82, 2.24) is 10.3 Å². The quantitative estimate of drug-likeness (QED) is 0.717. The van der Waals surface area contributed by atoms with E-state index in [4.69, 9.17) is 16.3 Å². The number of nitrogens with zero attached hydrogens (tertiary/aromatic N) is 1. The van der Waals surface area contributed by atoms with Crippen molar-refractivity contribution in [3.05, 3.63) is 22.8 Å². The Morgan fingerprint density at radius 3 is 2.83 bits per heavy atom. The lowest BCUT2D eigenvalue weighted by Crippen LogP contribution is -2.34. The topological polar surface area (TPSA) is 91.7 Å². The van der Waals surface area contributed by atoms with Crippen molar-refractivity contribution < 1.29 is 19.7 Å². The van der Waals surface area contributed by atoms with Crippen molar-refractivity contribution in [2.24, 2.45) is 0 Å². The van der Waals surface area contributed by atoms with Gasteiger partial charge < -0.3 is 20.3 Å². The minimum Gasteiger partial charge on any atom is -0.481 e. The van der Waals surface area contributed by atoms with E-state index in [2.05, 4.69) is 10.3 Å². The third-order valence-electron chi connectivity index (χ3n) is 2.28. The lowest BCUT2D eigenvalue weighted by Gasteiger charge is -2.19. The van der Waals surface area contributed by atoms with Crippen LogP contribution in [0.2, 0.25) is 5.02 Å². The van der Waals surface area contributed by atoms with Crippen molar-refractivity contribution in [2.75, 3.05) is 13.7 Å². The normalized spacial score (nSPS) is 13.8. The van der Waals surface area contributed by atoms with E-state index >= 15 is 0 Å². The van der Waals surface area contributed by atoms with E-state index in [1.54, 1.807) is 0 Å². The van der Waals surface area contributed by atoms with Crippen LogP contribution in [-0.4, -0.2) is 40.9 Å². The summed E-state index contributed by atoms with van der Waals surface area (Å²) in [4.78, 5) is 14.6. The van der Waals surface area contributed by atoms with Gasteiger partial charge in [-0.2, -0.15) is 0 Å². The Kier molecular flexibility index (Phi) is 5.33. The molecule has 100 valence electrons. The Balaban J connectivity index is 2.84. The number of aliphatic hydroxyl groups is 2. The molecule has 1 aromatic heterocycles. The largest absolute Gasteiger partial charge is 0.481 e. The van der Waals surface area contributed by atoms with E-state index in [1.165, 1.54) is 26.3 Å². The summed E-state index contributed by atoms with van der Waals surface area (Å²) < 4.78 is 4.97. The van der Waals surface area contributed by atoms with Crippen molar-refractivity contribution >= 4 is 17.5 Å². The van der Waals surface area contributed by atoms with Gasteiger partial charge in [0, 0.05) is 25.2 Å². The van der Waals surface area contributed by atoms with Gasteiger partial charge in [0.15, 0.2) is 0 Å². The first-order chi connectivity index (χ1) is 8.45. The summed E-state index contributed by atoms with van der Waals surface area (Å²) >= 11 is 5.77. The van der Waals surface area contributed by atoms with Gasteiger partial charge >= 0.3 is 0 Å². The molecule has 0 aromatic carbocycles. The zero-order chi connectivity index (χ0) is 13.7. The highest BCUT2D eigenvalue weighted by atomic mass is 35.5. The van der Waals surface area contributed by atoms with Crippen LogP contribution in [0.1, 0.15) is 18.6 Å². The molecule has 1 heterocycles. The van der Waals surface area contributed by atoms with Crippen molar-refractivity contribution in [3.8, 4) is 5.88 Å². The molecule has 0 aliphatic carbocycles. The lowest BCUT2D eigenvalue weighted by atomic mass is 10.1. The molecule has 0 aliphatic heterocycles. The molecule has 0 saturated carbocycles. The average Bonchev–Trinajstić information content (AvgIpc) is 2.34. The highest BCUT2D eigenvalue weighted by molar-refractivity contribution is 6.30. The predicted molar refractivity (Wildman–Crippen MR) is 65.4 cm³/mol. The zero-order valence-electron chi connectivity index (χ0n) is 10.1. The van der Waals surface area contributed by atoms with Gasteiger partial charge in [-0.1, -0.05) is 11.6 Å². The maximum absolute atomic E-state index is 10.7. The van der Waals surface area contributed by atoms with E-state index in [-0.39, 0.29) is 23.9 Å². The number of aliphatic hydroxyl groups excluding tert-OH is 2. The van der Waals surface area contributed by atoms with Crippen molar-refractivity contribution in [2.45, 2.75) is 19.1 Å². The van der Waals surface area contributed by atoms with Crippen molar-refractivity contribution in [3.63, 3.8) is 0 Å². The number of hydrogen-bond acceptors (Lipinski definition) is 5. The Labute approximate surface area is 110 Å². The van der Waals surface area contributed by atoms with Gasteiger partial charge in [-0.25, -0.2) is 4.98 Å². The van der Waals surface area contributed by atoms with Crippen LogP contribution in [-0.2, 0) is 4.79 Å². The van der Waals surface area contributed by atoms with Crippen molar-refractivity contribution in [1.29, 1.82) is 0 Å². The standard InChI is InChI=1S/C11H15ClN2O4/c1-6(15)13-5-9(16)10(17)8-3-7(12)4-14-11(8)18-2/h3-4,9-10,16-17H,5H2,1-2H3,(H,13,15). The summed E-state index contributed by atoms with van der Waals surface area (Å²) in [7, 11) is 1.40. The van der Waals surface area contributed by atoms with Crippen LogP contribution in [0.4, 0.5) is 0 Å². The van der Waals surface area contributed by atoms with Crippen LogP contribution in [0.3, 0.4) is 0 Å². The second-order valence-corrected chi connectivity index (χ2v) is 4.14. The second kappa shape index (κ2) is 6.53. The van der Waals surface area contributed by atoms with Crippen LogP contribution >= 0.6 is 11.6 Å². The van der Waals surface area contributed by atoms with Gasteiger partial charge in [0.25, 0.3) is 0 Å². The number of nitrogens with one attached hydrogen (secondary N) is 1.